The second kappa shape index (κ2) is 6.06. The number of aliphatic imine (C=N–C) groups is 1. The van der Waals surface area contributed by atoms with E-state index in [9.17, 15) is 0 Å². The van der Waals surface area contributed by atoms with Crippen LogP contribution in [0, 0.1) is 19.3 Å². The van der Waals surface area contributed by atoms with Crippen LogP contribution in [0.3, 0.4) is 0 Å². The molecule has 0 bridgehead atoms. The Labute approximate surface area is 127 Å². The van der Waals surface area contributed by atoms with Gasteiger partial charge in [-0.3, -0.25) is 4.99 Å². The van der Waals surface area contributed by atoms with Crippen molar-refractivity contribution < 1.29 is 4.74 Å². The van der Waals surface area contributed by atoms with E-state index in [0.29, 0.717) is 0 Å². The summed E-state index contributed by atoms with van der Waals surface area (Å²) in [6.07, 6.45) is 3.01. The zero-order valence-corrected chi connectivity index (χ0v) is 13.8. The first kappa shape index (κ1) is 15.8. The third-order valence-electron chi connectivity index (χ3n) is 3.81. The van der Waals surface area contributed by atoms with Gasteiger partial charge in [-0.1, -0.05) is 20.8 Å². The second-order valence-electron chi connectivity index (χ2n) is 6.80. The number of hydrogen-bond donors (Lipinski definition) is 1. The number of hydrogen-bond acceptors (Lipinski definition) is 3. The van der Waals surface area contributed by atoms with Crippen molar-refractivity contribution in [2.24, 2.45) is 16.1 Å². The predicted molar refractivity (Wildman–Crippen MR) is 88.5 cm³/mol. The summed E-state index contributed by atoms with van der Waals surface area (Å²) in [5.74, 6) is 0.725. The molecule has 1 fully saturated rings. The minimum Gasteiger partial charge on any atom is -0.385 e. The monoisotopic (exact) mass is 289 g/mol. The van der Waals surface area contributed by atoms with Gasteiger partial charge in [0.1, 0.15) is 5.82 Å². The third-order valence-corrected chi connectivity index (χ3v) is 3.81. The van der Waals surface area contributed by atoms with Gasteiger partial charge in [-0.25, -0.2) is 0 Å². The molecule has 0 aliphatic carbocycles. The number of aromatic nitrogens is 1. The summed E-state index contributed by atoms with van der Waals surface area (Å²) in [6, 6.07) is 4.42. The van der Waals surface area contributed by atoms with E-state index >= 15 is 0 Å². The quantitative estimate of drug-likeness (QED) is 0.869. The van der Waals surface area contributed by atoms with Crippen LogP contribution in [-0.4, -0.2) is 29.5 Å². The summed E-state index contributed by atoms with van der Waals surface area (Å²) >= 11 is 0. The number of allylic oxidation sites excluding steroid dienone is 1. The Morgan fingerprint density at radius 2 is 1.95 bits per heavy atom. The van der Waals surface area contributed by atoms with Gasteiger partial charge in [-0.05, 0) is 32.4 Å². The molecule has 1 aliphatic heterocycles. The Morgan fingerprint density at radius 3 is 2.43 bits per heavy atom. The first-order valence-electron chi connectivity index (χ1n) is 7.57. The fourth-order valence-corrected chi connectivity index (χ4v) is 2.55. The van der Waals surface area contributed by atoms with Gasteiger partial charge in [-0.2, -0.15) is 0 Å². The number of aryl methyl sites for hydroxylation is 2. The molecule has 0 unspecified atom stereocenters. The topological polar surface area (TPSA) is 52.5 Å². The summed E-state index contributed by atoms with van der Waals surface area (Å²) in [5, 5.41) is 0. The van der Waals surface area contributed by atoms with E-state index in [1.165, 1.54) is 0 Å². The molecule has 0 radical (unpaired) electrons. The van der Waals surface area contributed by atoms with E-state index in [4.69, 9.17) is 15.5 Å². The average Bonchev–Trinajstić information content (AvgIpc) is 2.98. The normalized spacial score (nSPS) is 21.1. The maximum absolute atomic E-state index is 6.32. The molecule has 2 heterocycles. The van der Waals surface area contributed by atoms with Crippen LogP contribution in [0.4, 0.5) is 0 Å². The molecule has 1 aromatic heterocycles. The van der Waals surface area contributed by atoms with Gasteiger partial charge in [0.15, 0.2) is 0 Å². The maximum atomic E-state index is 6.32. The van der Waals surface area contributed by atoms with Crippen molar-refractivity contribution in [3.05, 3.63) is 29.6 Å². The van der Waals surface area contributed by atoms with Gasteiger partial charge >= 0.3 is 0 Å². The Morgan fingerprint density at radius 1 is 1.33 bits per heavy atom. The van der Waals surface area contributed by atoms with Crippen molar-refractivity contribution in [2.45, 2.75) is 47.1 Å². The van der Waals surface area contributed by atoms with Crippen LogP contribution in [0.15, 0.2) is 23.2 Å². The van der Waals surface area contributed by atoms with Crippen molar-refractivity contribution in [1.82, 2.24) is 4.57 Å². The predicted octanol–water partition coefficient (Wildman–Crippen LogP) is 3.14. The zero-order valence-electron chi connectivity index (χ0n) is 13.8. The second-order valence-corrected chi connectivity index (χ2v) is 6.80. The van der Waals surface area contributed by atoms with Crippen LogP contribution in [0.25, 0.3) is 5.82 Å². The number of nitrogens with two attached hydrogens (primary N) is 1. The Hall–Kier alpha value is -1.55. The van der Waals surface area contributed by atoms with E-state index < -0.39 is 0 Å². The lowest BCUT2D eigenvalue weighted by atomic mass is 9.89. The smallest absolute Gasteiger partial charge is 0.109 e. The number of nitrogens with zero attached hydrogens (tertiary/aromatic N) is 2. The first-order valence-corrected chi connectivity index (χ1v) is 7.57. The standard InChI is InChI=1S/C17H27N3O/c1-12-6-7-13(2)20(12)16(18)10-15(17(3,4)5)19-14-8-9-21-11-14/h6-7,10,14H,8-9,11,18H2,1-5H3/b16-10+,19-15?/t14-/m0/s1. The molecule has 1 aliphatic rings. The molecule has 0 spiro atoms. The highest BCUT2D eigenvalue weighted by molar-refractivity contribution is 6.02. The highest BCUT2D eigenvalue weighted by atomic mass is 16.5. The SMILES string of the molecule is Cc1ccc(C)n1/C(N)=C/C(=N[C@H]1CCOC1)C(C)(C)C. The van der Waals surface area contributed by atoms with Crippen molar-refractivity contribution in [3.63, 3.8) is 0 Å². The lowest BCUT2D eigenvalue weighted by Gasteiger charge is -2.22. The number of rotatable bonds is 3. The minimum absolute atomic E-state index is 0.0395. The fourth-order valence-electron chi connectivity index (χ4n) is 2.55. The highest BCUT2D eigenvalue weighted by Gasteiger charge is 2.22. The molecule has 0 amide bonds. The molecule has 1 atom stereocenters. The maximum Gasteiger partial charge on any atom is 0.109 e. The van der Waals surface area contributed by atoms with Crippen molar-refractivity contribution in [2.75, 3.05) is 13.2 Å². The molecule has 0 saturated carbocycles. The van der Waals surface area contributed by atoms with Crippen molar-refractivity contribution >= 4 is 11.5 Å². The molecule has 2 N–H and O–H groups in total. The van der Waals surface area contributed by atoms with Gasteiger partial charge in [0.2, 0.25) is 0 Å². The van der Waals surface area contributed by atoms with Crippen LogP contribution < -0.4 is 5.73 Å². The Balaban J connectivity index is 2.36. The van der Waals surface area contributed by atoms with Crippen LogP contribution in [0.2, 0.25) is 0 Å². The molecule has 116 valence electrons. The summed E-state index contributed by atoms with van der Waals surface area (Å²) < 4.78 is 7.48. The Bertz CT molecular complexity index is 536. The summed E-state index contributed by atoms with van der Waals surface area (Å²) in [6.45, 7) is 12.1. The van der Waals surface area contributed by atoms with Crippen molar-refractivity contribution in [3.8, 4) is 0 Å². The summed E-state index contributed by atoms with van der Waals surface area (Å²) in [4.78, 5) is 4.88. The van der Waals surface area contributed by atoms with E-state index in [2.05, 4.69) is 51.3 Å². The van der Waals surface area contributed by atoms with E-state index in [1.807, 2.05) is 6.08 Å². The largest absolute Gasteiger partial charge is 0.385 e. The van der Waals surface area contributed by atoms with Gasteiger partial charge in [0.25, 0.3) is 0 Å². The molecular formula is C17H27N3O. The first-order chi connectivity index (χ1) is 9.79. The molecule has 1 aromatic rings. The van der Waals surface area contributed by atoms with E-state index in [-0.39, 0.29) is 11.5 Å². The van der Waals surface area contributed by atoms with Crippen LogP contribution in [-0.2, 0) is 4.74 Å². The molecule has 2 rings (SSSR count). The van der Waals surface area contributed by atoms with E-state index in [0.717, 1.165) is 42.6 Å². The van der Waals surface area contributed by atoms with Gasteiger partial charge in [0.05, 0.1) is 12.6 Å². The number of ether oxygens (including phenoxy) is 1. The van der Waals surface area contributed by atoms with Gasteiger partial charge in [-0.15, -0.1) is 0 Å². The fraction of sp³-hybridized carbons (Fsp3) is 0.588. The van der Waals surface area contributed by atoms with Crippen LogP contribution in [0.5, 0.6) is 0 Å². The third kappa shape index (κ3) is 3.76. The lowest BCUT2D eigenvalue weighted by Crippen LogP contribution is -2.23. The zero-order chi connectivity index (χ0) is 15.6. The van der Waals surface area contributed by atoms with Gasteiger partial charge < -0.3 is 15.0 Å². The Kier molecular flexibility index (Phi) is 4.57. The average molecular weight is 289 g/mol. The van der Waals surface area contributed by atoms with E-state index in [1.54, 1.807) is 0 Å². The van der Waals surface area contributed by atoms with Gasteiger partial charge in [0, 0.05) is 35.2 Å². The molecule has 21 heavy (non-hydrogen) atoms. The molecule has 4 heteroatoms. The molecule has 1 saturated heterocycles. The molecule has 4 nitrogen and oxygen atoms in total. The summed E-state index contributed by atoms with van der Waals surface area (Å²) in [7, 11) is 0. The van der Waals surface area contributed by atoms with Crippen LogP contribution in [0.1, 0.15) is 38.6 Å². The van der Waals surface area contributed by atoms with Crippen molar-refractivity contribution in [1.29, 1.82) is 0 Å². The highest BCUT2D eigenvalue weighted by Crippen LogP contribution is 2.22. The molecule has 0 aromatic carbocycles. The molecular weight excluding hydrogens is 262 g/mol. The minimum atomic E-state index is -0.0395. The lowest BCUT2D eigenvalue weighted by molar-refractivity contribution is 0.194. The summed E-state index contributed by atoms with van der Waals surface area (Å²) in [5.41, 5.74) is 9.59. The van der Waals surface area contributed by atoms with Crippen LogP contribution >= 0.6 is 0 Å².